The summed E-state index contributed by atoms with van der Waals surface area (Å²) in [6.45, 7) is 6.40. The molecule has 1 aromatic heterocycles. The van der Waals surface area contributed by atoms with Gasteiger partial charge in [0.2, 0.25) is 5.89 Å². The van der Waals surface area contributed by atoms with Crippen molar-refractivity contribution in [1.82, 2.24) is 10.1 Å². The van der Waals surface area contributed by atoms with Crippen LogP contribution in [-0.4, -0.2) is 28.0 Å². The fraction of sp³-hybridized carbons (Fsp3) is 0.778. The van der Waals surface area contributed by atoms with E-state index in [9.17, 15) is 5.11 Å². The molecule has 0 saturated carbocycles. The van der Waals surface area contributed by atoms with E-state index >= 15 is 0 Å². The average Bonchev–Trinajstić information content (AvgIpc) is 2.61. The molecule has 0 aliphatic carbocycles. The van der Waals surface area contributed by atoms with Crippen LogP contribution in [0.1, 0.15) is 38.4 Å². The predicted octanol–water partition coefficient (Wildman–Crippen LogP) is 1.09. The van der Waals surface area contributed by atoms with Crippen molar-refractivity contribution in [3.05, 3.63) is 11.7 Å². The highest BCUT2D eigenvalue weighted by atomic mass is 16.5. The van der Waals surface area contributed by atoms with Crippen LogP contribution in [0.5, 0.6) is 0 Å². The summed E-state index contributed by atoms with van der Waals surface area (Å²) >= 11 is 0. The van der Waals surface area contributed by atoms with Crippen molar-refractivity contribution in [2.75, 3.05) is 6.61 Å². The van der Waals surface area contributed by atoms with Crippen LogP contribution < -0.4 is 0 Å². The minimum atomic E-state index is -0.490. The molecule has 1 N–H and O–H groups in total. The minimum Gasteiger partial charge on any atom is -0.393 e. The Morgan fingerprint density at radius 2 is 2.21 bits per heavy atom. The maximum atomic E-state index is 9.30. The highest BCUT2D eigenvalue weighted by Crippen LogP contribution is 2.16. The number of nitrogens with zero attached hydrogens (tertiary/aromatic N) is 2. The first kappa shape index (κ1) is 11.1. The lowest BCUT2D eigenvalue weighted by molar-refractivity contribution is 0.126. The van der Waals surface area contributed by atoms with Crippen molar-refractivity contribution in [2.45, 2.75) is 39.4 Å². The van der Waals surface area contributed by atoms with Crippen LogP contribution >= 0.6 is 0 Å². The number of aliphatic hydroxyl groups is 1. The van der Waals surface area contributed by atoms with E-state index in [-0.39, 0.29) is 5.92 Å². The summed E-state index contributed by atoms with van der Waals surface area (Å²) < 4.78 is 10.1. The van der Waals surface area contributed by atoms with E-state index in [1.54, 1.807) is 6.92 Å². The lowest BCUT2D eigenvalue weighted by atomic mass is 10.1. The second-order valence-electron chi connectivity index (χ2n) is 3.22. The van der Waals surface area contributed by atoms with E-state index in [1.807, 2.05) is 13.8 Å². The van der Waals surface area contributed by atoms with Gasteiger partial charge in [0.25, 0.3) is 0 Å². The molecule has 0 amide bonds. The van der Waals surface area contributed by atoms with Gasteiger partial charge in [0.05, 0.1) is 12.0 Å². The van der Waals surface area contributed by atoms with Crippen molar-refractivity contribution in [3.8, 4) is 0 Å². The predicted molar refractivity (Wildman–Crippen MR) is 49.7 cm³/mol. The van der Waals surface area contributed by atoms with Gasteiger partial charge in [-0.3, -0.25) is 0 Å². The third-order valence-electron chi connectivity index (χ3n) is 2.03. The molecule has 0 aliphatic rings. The molecule has 0 bridgehead atoms. The summed E-state index contributed by atoms with van der Waals surface area (Å²) in [5, 5.41) is 13.0. The van der Waals surface area contributed by atoms with Crippen LogP contribution in [-0.2, 0) is 11.3 Å². The second kappa shape index (κ2) is 5.07. The average molecular weight is 200 g/mol. The van der Waals surface area contributed by atoms with E-state index in [0.29, 0.717) is 24.9 Å². The van der Waals surface area contributed by atoms with Gasteiger partial charge in [-0.15, -0.1) is 0 Å². The standard InChI is InChI=1S/C9H16N2O3/c1-4-13-5-8-10-9(14-11-8)6(2)7(3)12/h6-7,12H,4-5H2,1-3H3. The molecule has 0 fully saturated rings. The van der Waals surface area contributed by atoms with Crippen molar-refractivity contribution in [2.24, 2.45) is 0 Å². The summed E-state index contributed by atoms with van der Waals surface area (Å²) in [6.07, 6.45) is -0.490. The normalized spacial score (nSPS) is 15.4. The number of rotatable bonds is 5. The highest BCUT2D eigenvalue weighted by Gasteiger charge is 2.18. The first-order valence-electron chi connectivity index (χ1n) is 4.73. The Labute approximate surface area is 83.1 Å². The van der Waals surface area contributed by atoms with Crippen LogP contribution in [0, 0.1) is 0 Å². The summed E-state index contributed by atoms with van der Waals surface area (Å²) in [7, 11) is 0. The molecule has 80 valence electrons. The Balaban J connectivity index is 2.58. The van der Waals surface area contributed by atoms with Gasteiger partial charge in [0.15, 0.2) is 5.82 Å². The molecule has 2 atom stereocenters. The Morgan fingerprint density at radius 3 is 2.79 bits per heavy atom. The molecular weight excluding hydrogens is 184 g/mol. The fourth-order valence-corrected chi connectivity index (χ4v) is 0.911. The Morgan fingerprint density at radius 1 is 1.50 bits per heavy atom. The molecule has 0 aromatic carbocycles. The lowest BCUT2D eigenvalue weighted by Crippen LogP contribution is -2.11. The maximum Gasteiger partial charge on any atom is 0.232 e. The fourth-order valence-electron chi connectivity index (χ4n) is 0.911. The molecule has 0 radical (unpaired) electrons. The molecule has 0 aliphatic heterocycles. The third kappa shape index (κ3) is 2.78. The summed E-state index contributed by atoms with van der Waals surface area (Å²) in [6, 6.07) is 0. The zero-order valence-corrected chi connectivity index (χ0v) is 8.73. The van der Waals surface area contributed by atoms with Crippen LogP contribution in [0.3, 0.4) is 0 Å². The molecule has 1 rings (SSSR count). The summed E-state index contributed by atoms with van der Waals surface area (Å²) in [4.78, 5) is 4.11. The number of aromatic nitrogens is 2. The van der Waals surface area contributed by atoms with Gasteiger partial charge in [0, 0.05) is 6.61 Å². The Hall–Kier alpha value is -0.940. The molecule has 5 heteroatoms. The minimum absolute atomic E-state index is 0.141. The monoisotopic (exact) mass is 200 g/mol. The number of ether oxygens (including phenoxy) is 1. The van der Waals surface area contributed by atoms with E-state index in [4.69, 9.17) is 9.26 Å². The van der Waals surface area contributed by atoms with E-state index in [1.165, 1.54) is 0 Å². The van der Waals surface area contributed by atoms with Crippen molar-refractivity contribution >= 4 is 0 Å². The quantitative estimate of drug-likeness (QED) is 0.770. The molecule has 1 aromatic rings. The number of aliphatic hydroxyl groups excluding tert-OH is 1. The van der Waals surface area contributed by atoms with E-state index in [2.05, 4.69) is 10.1 Å². The zero-order chi connectivity index (χ0) is 10.6. The molecule has 5 nitrogen and oxygen atoms in total. The van der Waals surface area contributed by atoms with Gasteiger partial charge in [-0.05, 0) is 13.8 Å². The molecular formula is C9H16N2O3. The Kier molecular flexibility index (Phi) is 4.03. The molecule has 2 unspecified atom stereocenters. The molecule has 14 heavy (non-hydrogen) atoms. The maximum absolute atomic E-state index is 9.30. The van der Waals surface area contributed by atoms with Crippen LogP contribution in [0.4, 0.5) is 0 Å². The van der Waals surface area contributed by atoms with Crippen LogP contribution in [0.2, 0.25) is 0 Å². The van der Waals surface area contributed by atoms with Crippen molar-refractivity contribution in [3.63, 3.8) is 0 Å². The van der Waals surface area contributed by atoms with Gasteiger partial charge >= 0.3 is 0 Å². The van der Waals surface area contributed by atoms with E-state index in [0.717, 1.165) is 0 Å². The zero-order valence-electron chi connectivity index (χ0n) is 8.73. The summed E-state index contributed by atoms with van der Waals surface area (Å²) in [5.41, 5.74) is 0. The lowest BCUT2D eigenvalue weighted by Gasteiger charge is -2.07. The second-order valence-corrected chi connectivity index (χ2v) is 3.22. The van der Waals surface area contributed by atoms with Gasteiger partial charge in [-0.25, -0.2) is 0 Å². The largest absolute Gasteiger partial charge is 0.393 e. The third-order valence-corrected chi connectivity index (χ3v) is 2.03. The number of hydrogen-bond acceptors (Lipinski definition) is 5. The van der Waals surface area contributed by atoms with E-state index < -0.39 is 6.10 Å². The van der Waals surface area contributed by atoms with Gasteiger partial charge in [-0.2, -0.15) is 4.98 Å². The number of hydrogen-bond donors (Lipinski definition) is 1. The SMILES string of the molecule is CCOCc1noc(C(C)C(C)O)n1. The first-order chi connectivity index (χ1) is 6.65. The first-order valence-corrected chi connectivity index (χ1v) is 4.73. The van der Waals surface area contributed by atoms with Crippen molar-refractivity contribution < 1.29 is 14.4 Å². The Bertz CT molecular complexity index is 273. The van der Waals surface area contributed by atoms with Gasteiger partial charge in [-0.1, -0.05) is 12.1 Å². The molecule has 1 heterocycles. The molecule has 0 spiro atoms. The van der Waals surface area contributed by atoms with Crippen molar-refractivity contribution in [1.29, 1.82) is 0 Å². The smallest absolute Gasteiger partial charge is 0.232 e. The topological polar surface area (TPSA) is 68.4 Å². The van der Waals surface area contributed by atoms with Gasteiger partial charge in [0.1, 0.15) is 6.61 Å². The highest BCUT2D eigenvalue weighted by molar-refractivity contribution is 4.93. The van der Waals surface area contributed by atoms with Crippen LogP contribution in [0.25, 0.3) is 0 Å². The molecule has 0 saturated heterocycles. The van der Waals surface area contributed by atoms with Gasteiger partial charge < -0.3 is 14.4 Å². The summed E-state index contributed by atoms with van der Waals surface area (Å²) in [5.74, 6) is 0.835. The van der Waals surface area contributed by atoms with Crippen LogP contribution in [0.15, 0.2) is 4.52 Å².